The number of pyridine rings is 1. The van der Waals surface area contributed by atoms with E-state index in [1.165, 1.54) is 24.4 Å². The lowest BCUT2D eigenvalue weighted by Crippen LogP contribution is -2.46. The van der Waals surface area contributed by atoms with E-state index in [1.807, 2.05) is 50.2 Å². The number of halogens is 3. The topological polar surface area (TPSA) is 216 Å². The van der Waals surface area contributed by atoms with Crippen molar-refractivity contribution in [2.45, 2.75) is 58.7 Å². The van der Waals surface area contributed by atoms with Gasteiger partial charge in [-0.25, -0.2) is 0 Å². The minimum absolute atomic E-state index is 0.00619. The molecule has 89 heavy (non-hydrogen) atoms. The molecule has 4 aromatic rings. The zero-order chi connectivity index (χ0) is 63.7. The van der Waals surface area contributed by atoms with Crippen molar-refractivity contribution in [1.29, 1.82) is 0 Å². The van der Waals surface area contributed by atoms with E-state index in [9.17, 15) is 32.3 Å². The van der Waals surface area contributed by atoms with Crippen molar-refractivity contribution in [3.05, 3.63) is 113 Å². The van der Waals surface area contributed by atoms with Crippen LogP contribution in [0.3, 0.4) is 0 Å². The number of carbonyl (C=O) groups is 4. The van der Waals surface area contributed by atoms with E-state index >= 15 is 0 Å². The summed E-state index contributed by atoms with van der Waals surface area (Å²) in [5.41, 5.74) is 3.57. The monoisotopic (exact) mass is 1250 g/mol. The highest BCUT2D eigenvalue weighted by Gasteiger charge is 2.31. The summed E-state index contributed by atoms with van der Waals surface area (Å²) in [6, 6.07) is 21.0. The van der Waals surface area contributed by atoms with Crippen molar-refractivity contribution in [2.75, 3.05) is 196 Å². The number of benzene rings is 3. The van der Waals surface area contributed by atoms with Crippen LogP contribution in [0.1, 0.15) is 76.9 Å². The van der Waals surface area contributed by atoms with Crippen LogP contribution in [0.25, 0.3) is 11.3 Å². The number of aryl methyl sites for hydroxylation is 1. The van der Waals surface area contributed by atoms with Gasteiger partial charge in [-0.3, -0.25) is 24.2 Å². The van der Waals surface area contributed by atoms with Gasteiger partial charge in [0.15, 0.2) is 0 Å². The van der Waals surface area contributed by atoms with Crippen LogP contribution in [0.2, 0.25) is 0 Å². The zero-order valence-electron chi connectivity index (χ0n) is 52.3. The molecular weight excluding hydrogens is 1160 g/mol. The number of methoxy groups -OCH3 is 1. The molecule has 24 heteroatoms. The van der Waals surface area contributed by atoms with E-state index in [-0.39, 0.29) is 48.8 Å². The van der Waals surface area contributed by atoms with E-state index in [0.29, 0.717) is 186 Å². The Morgan fingerprint density at radius 1 is 0.618 bits per heavy atom. The fourth-order valence-corrected chi connectivity index (χ4v) is 9.39. The molecule has 3 aromatic carbocycles. The molecule has 2 N–H and O–H groups in total. The summed E-state index contributed by atoms with van der Waals surface area (Å²) in [5.74, 6) is -1.10. The standard InChI is InChI=1S/C65H93F3N6O15/c1-5-73(6-2)57-17-18-59(58(48-57)60-47-54(19-21-69-60)62(76)70-49-52-12-8-16-56(46-52)65(66,67)68)71-63(77)53-14-7-11-51(45-53)13-10-24-80-29-32-84-37-38-85-33-30-81-25-20-61(75)74-22-9-15-55(50-74)64(78)72(3)23-26-82-31-34-86-39-40-88-43-44-89-42-41-87-36-35-83-28-27-79-4/h7-8,11-12,14,16-19,21,45-48,55H,5-6,9-10,13,15,20,22-44,49-50H2,1-4H3,(H,70,76)(H,71,77). The molecule has 1 fully saturated rings. The number of likely N-dealkylation sites (tertiary alicyclic amines) is 1. The summed E-state index contributed by atoms with van der Waals surface area (Å²) in [6.45, 7) is 16.1. The Kier molecular flexibility index (Phi) is 36.0. The van der Waals surface area contributed by atoms with Crippen LogP contribution in [0.15, 0.2) is 85.1 Å². The molecule has 1 aliphatic heterocycles. The Morgan fingerprint density at radius 2 is 1.17 bits per heavy atom. The van der Waals surface area contributed by atoms with Crippen molar-refractivity contribution >= 4 is 35.0 Å². The number of aromatic nitrogens is 1. The first-order valence-electron chi connectivity index (χ1n) is 30.8. The van der Waals surface area contributed by atoms with Gasteiger partial charge in [-0.05, 0) is 105 Å². The third kappa shape index (κ3) is 29.1. The maximum atomic E-state index is 13.8. The van der Waals surface area contributed by atoms with Crippen molar-refractivity contribution in [3.8, 4) is 11.3 Å². The Hall–Kier alpha value is -6.16. The Morgan fingerprint density at radius 3 is 1.76 bits per heavy atom. The normalized spacial score (nSPS) is 13.4. The van der Waals surface area contributed by atoms with Gasteiger partial charge in [0.1, 0.15) is 0 Å². The first kappa shape index (κ1) is 73.6. The second kappa shape index (κ2) is 43.5. The maximum absolute atomic E-state index is 13.8. The van der Waals surface area contributed by atoms with Gasteiger partial charge in [0.05, 0.1) is 161 Å². The van der Waals surface area contributed by atoms with Crippen molar-refractivity contribution in [3.63, 3.8) is 0 Å². The van der Waals surface area contributed by atoms with Gasteiger partial charge in [-0.15, -0.1) is 0 Å². The van der Waals surface area contributed by atoms with Gasteiger partial charge < -0.3 is 77.4 Å². The third-order valence-electron chi connectivity index (χ3n) is 14.3. The summed E-state index contributed by atoms with van der Waals surface area (Å²) in [4.78, 5) is 63.4. The third-order valence-corrected chi connectivity index (χ3v) is 14.3. The van der Waals surface area contributed by atoms with E-state index < -0.39 is 17.6 Å². The molecule has 4 amide bonds. The molecule has 5 rings (SSSR count). The number of hydrogen-bond acceptors (Lipinski definition) is 17. The molecule has 2 heterocycles. The zero-order valence-corrected chi connectivity index (χ0v) is 52.3. The molecular formula is C65H93F3N6O15. The average Bonchev–Trinajstić information content (AvgIpc) is 1.81. The highest BCUT2D eigenvalue weighted by molar-refractivity contribution is 6.06. The number of alkyl halides is 3. The van der Waals surface area contributed by atoms with Crippen molar-refractivity contribution in [1.82, 2.24) is 20.1 Å². The lowest BCUT2D eigenvalue weighted by molar-refractivity contribution is -0.141. The number of likely N-dealkylation sites (N-methyl/N-ethyl adjacent to an activating group) is 1. The van der Waals surface area contributed by atoms with Crippen LogP contribution in [0.4, 0.5) is 24.5 Å². The van der Waals surface area contributed by atoms with E-state index in [4.69, 9.17) is 52.1 Å². The van der Waals surface area contributed by atoms with Crippen LogP contribution in [0, 0.1) is 5.92 Å². The molecule has 1 aliphatic rings. The maximum Gasteiger partial charge on any atom is 0.416 e. The van der Waals surface area contributed by atoms with Crippen LogP contribution in [-0.4, -0.2) is 224 Å². The second-order valence-electron chi connectivity index (χ2n) is 20.8. The minimum Gasteiger partial charge on any atom is -0.382 e. The molecule has 21 nitrogen and oxygen atoms in total. The number of carbonyl (C=O) groups excluding carboxylic acids is 4. The molecule has 0 saturated carbocycles. The smallest absolute Gasteiger partial charge is 0.382 e. The number of piperidine rings is 1. The van der Waals surface area contributed by atoms with Crippen molar-refractivity contribution < 1.29 is 84.5 Å². The van der Waals surface area contributed by atoms with Gasteiger partial charge in [-0.1, -0.05) is 24.3 Å². The Bertz CT molecular complexity index is 2650. The van der Waals surface area contributed by atoms with E-state index in [2.05, 4.69) is 20.5 Å². The van der Waals surface area contributed by atoms with E-state index in [1.54, 1.807) is 36.1 Å². The van der Waals surface area contributed by atoms with Crippen LogP contribution < -0.4 is 15.5 Å². The lowest BCUT2D eigenvalue weighted by atomic mass is 9.96. The molecule has 1 atom stereocenters. The number of amides is 4. The Labute approximate surface area is 522 Å². The predicted molar refractivity (Wildman–Crippen MR) is 330 cm³/mol. The van der Waals surface area contributed by atoms with Gasteiger partial charge in [-0.2, -0.15) is 13.2 Å². The lowest BCUT2D eigenvalue weighted by Gasteiger charge is -2.34. The molecule has 494 valence electrons. The largest absolute Gasteiger partial charge is 0.416 e. The molecule has 0 aliphatic carbocycles. The summed E-state index contributed by atoms with van der Waals surface area (Å²) in [6.07, 6.45) is 0.104. The summed E-state index contributed by atoms with van der Waals surface area (Å²) in [7, 11) is 3.40. The SMILES string of the molecule is CCN(CC)c1ccc(NC(=O)c2cccc(CCCOCCOCCOCCOCCC(=O)N3CCCC(C(=O)N(C)CCOCCOCCOCCOCCOCCOCCOC)C3)c2)c(-c2cc(C(=O)NCc3cccc(C(F)(F)F)c3)ccn2)c1. The molecule has 1 aromatic heterocycles. The van der Waals surface area contributed by atoms with Gasteiger partial charge in [0, 0.05) is 88.6 Å². The molecule has 0 radical (unpaired) electrons. The molecule has 1 saturated heterocycles. The number of nitrogens with one attached hydrogen (secondary N) is 2. The number of ether oxygens (including phenoxy) is 11. The van der Waals surface area contributed by atoms with E-state index in [0.717, 1.165) is 55.7 Å². The number of rotatable bonds is 47. The first-order chi connectivity index (χ1) is 43.3. The summed E-state index contributed by atoms with van der Waals surface area (Å²) in [5, 5.41) is 5.75. The molecule has 1 unspecified atom stereocenters. The molecule has 0 spiro atoms. The highest BCUT2D eigenvalue weighted by Crippen LogP contribution is 2.33. The number of hydrogen-bond donors (Lipinski definition) is 2. The summed E-state index contributed by atoms with van der Waals surface area (Å²) >= 11 is 0. The number of nitrogens with zero attached hydrogens (tertiary/aromatic N) is 4. The number of anilines is 2. The molecule has 0 bridgehead atoms. The van der Waals surface area contributed by atoms with Gasteiger partial charge in [0.25, 0.3) is 11.8 Å². The minimum atomic E-state index is -4.50. The predicted octanol–water partition coefficient (Wildman–Crippen LogP) is 7.63. The van der Waals surface area contributed by atoms with Crippen LogP contribution in [0.5, 0.6) is 0 Å². The summed E-state index contributed by atoms with van der Waals surface area (Å²) < 4.78 is 101. The Balaban J connectivity index is 0.866. The fraction of sp³-hybridized carbons (Fsp3) is 0.585. The second-order valence-corrected chi connectivity index (χ2v) is 20.8. The van der Waals surface area contributed by atoms with Gasteiger partial charge >= 0.3 is 6.18 Å². The van der Waals surface area contributed by atoms with Gasteiger partial charge in [0.2, 0.25) is 11.8 Å². The quantitative estimate of drug-likeness (QED) is 0.0407. The highest BCUT2D eigenvalue weighted by atomic mass is 19.4. The fourth-order valence-electron chi connectivity index (χ4n) is 9.39. The van der Waals surface area contributed by atoms with Crippen molar-refractivity contribution in [2.24, 2.45) is 5.92 Å². The van der Waals surface area contributed by atoms with Crippen LogP contribution in [-0.2, 0) is 80.8 Å². The average molecular weight is 1260 g/mol. The first-order valence-corrected chi connectivity index (χ1v) is 30.8. The van der Waals surface area contributed by atoms with Crippen LogP contribution >= 0.6 is 0 Å².